The first kappa shape index (κ1) is 14.9. The molecule has 2 aromatic rings. The first-order valence-electron chi connectivity index (χ1n) is 6.78. The molecule has 6 heteroatoms. The third-order valence-electron chi connectivity index (χ3n) is 3.51. The summed E-state index contributed by atoms with van der Waals surface area (Å²) < 4.78 is 0. The molecule has 1 aromatic carbocycles. The van der Waals surface area contributed by atoms with Crippen LogP contribution in [0, 0.1) is 5.92 Å². The van der Waals surface area contributed by atoms with Crippen LogP contribution in [0.25, 0.3) is 11.0 Å². The Labute approximate surface area is 122 Å². The molecular weight excluding hydrogens is 270 g/mol. The highest BCUT2D eigenvalue weighted by atomic mass is 16.4. The lowest BCUT2D eigenvalue weighted by molar-refractivity contribution is -0.140. The third-order valence-corrected chi connectivity index (χ3v) is 3.51. The van der Waals surface area contributed by atoms with E-state index < -0.39 is 17.9 Å². The highest BCUT2D eigenvalue weighted by Crippen LogP contribution is 2.15. The Bertz CT molecular complexity index is 667. The van der Waals surface area contributed by atoms with Crippen molar-refractivity contribution in [2.24, 2.45) is 5.92 Å². The smallest absolute Gasteiger partial charge is 0.326 e. The molecule has 0 radical (unpaired) electrons. The SMILES string of the molecule is CCC(C)C(NC(=O)c1cccc2nccnc12)C(=O)O. The molecule has 0 fully saturated rings. The number of amides is 1. The predicted molar refractivity (Wildman–Crippen MR) is 77.9 cm³/mol. The molecular formula is C15H17N3O3. The molecule has 2 unspecified atom stereocenters. The molecule has 21 heavy (non-hydrogen) atoms. The van der Waals surface area contributed by atoms with E-state index in [0.29, 0.717) is 23.0 Å². The van der Waals surface area contributed by atoms with Crippen LogP contribution >= 0.6 is 0 Å². The van der Waals surface area contributed by atoms with Crippen molar-refractivity contribution in [2.75, 3.05) is 0 Å². The highest BCUT2D eigenvalue weighted by molar-refractivity contribution is 6.05. The second-order valence-electron chi connectivity index (χ2n) is 4.90. The van der Waals surface area contributed by atoms with Crippen molar-refractivity contribution in [3.05, 3.63) is 36.2 Å². The predicted octanol–water partition coefficient (Wildman–Crippen LogP) is 1.86. The van der Waals surface area contributed by atoms with Crippen LogP contribution < -0.4 is 5.32 Å². The fourth-order valence-corrected chi connectivity index (χ4v) is 2.08. The number of carboxylic acids is 1. The lowest BCUT2D eigenvalue weighted by Gasteiger charge is -2.20. The number of hydrogen-bond donors (Lipinski definition) is 2. The Morgan fingerprint density at radius 1 is 1.29 bits per heavy atom. The topological polar surface area (TPSA) is 92.2 Å². The van der Waals surface area contributed by atoms with Gasteiger partial charge in [-0.25, -0.2) is 4.79 Å². The quantitative estimate of drug-likeness (QED) is 0.875. The van der Waals surface area contributed by atoms with Crippen molar-refractivity contribution in [1.29, 1.82) is 0 Å². The summed E-state index contributed by atoms with van der Waals surface area (Å²) in [6.45, 7) is 3.68. The lowest BCUT2D eigenvalue weighted by Crippen LogP contribution is -2.45. The van der Waals surface area contributed by atoms with E-state index in [1.807, 2.05) is 6.92 Å². The number of hydrogen-bond acceptors (Lipinski definition) is 4. The van der Waals surface area contributed by atoms with E-state index in [0.717, 1.165) is 0 Å². The zero-order chi connectivity index (χ0) is 15.4. The average molecular weight is 287 g/mol. The highest BCUT2D eigenvalue weighted by Gasteiger charge is 2.26. The van der Waals surface area contributed by atoms with Crippen molar-refractivity contribution < 1.29 is 14.7 Å². The van der Waals surface area contributed by atoms with Crippen molar-refractivity contribution in [3.63, 3.8) is 0 Å². The maximum atomic E-state index is 12.4. The molecule has 0 saturated carbocycles. The van der Waals surface area contributed by atoms with Crippen LogP contribution in [-0.4, -0.2) is 33.0 Å². The molecule has 2 N–H and O–H groups in total. The van der Waals surface area contributed by atoms with Crippen molar-refractivity contribution in [1.82, 2.24) is 15.3 Å². The monoisotopic (exact) mass is 287 g/mol. The Hall–Kier alpha value is -2.50. The van der Waals surface area contributed by atoms with Gasteiger partial charge in [-0.05, 0) is 18.1 Å². The van der Waals surface area contributed by atoms with Crippen LogP contribution in [0.4, 0.5) is 0 Å². The summed E-state index contributed by atoms with van der Waals surface area (Å²) in [5, 5.41) is 11.8. The van der Waals surface area contributed by atoms with Crippen molar-refractivity contribution >= 4 is 22.9 Å². The van der Waals surface area contributed by atoms with E-state index in [2.05, 4.69) is 15.3 Å². The maximum Gasteiger partial charge on any atom is 0.326 e. The van der Waals surface area contributed by atoms with E-state index in [1.165, 1.54) is 6.20 Å². The van der Waals surface area contributed by atoms with Crippen LogP contribution in [-0.2, 0) is 4.79 Å². The molecule has 0 aliphatic carbocycles. The molecule has 1 amide bonds. The molecule has 6 nitrogen and oxygen atoms in total. The van der Waals surface area contributed by atoms with Gasteiger partial charge >= 0.3 is 5.97 Å². The van der Waals surface area contributed by atoms with E-state index in [4.69, 9.17) is 0 Å². The van der Waals surface area contributed by atoms with Gasteiger partial charge in [0.25, 0.3) is 5.91 Å². The first-order valence-corrected chi connectivity index (χ1v) is 6.78. The lowest BCUT2D eigenvalue weighted by atomic mass is 9.99. The summed E-state index contributed by atoms with van der Waals surface area (Å²) in [6.07, 6.45) is 3.71. The summed E-state index contributed by atoms with van der Waals surface area (Å²) in [5.41, 5.74) is 1.39. The Morgan fingerprint density at radius 2 is 2.00 bits per heavy atom. The molecule has 2 rings (SSSR count). The number of aromatic nitrogens is 2. The van der Waals surface area contributed by atoms with E-state index >= 15 is 0 Å². The van der Waals surface area contributed by atoms with Gasteiger partial charge in [-0.2, -0.15) is 0 Å². The van der Waals surface area contributed by atoms with Crippen LogP contribution in [0.5, 0.6) is 0 Å². The Balaban J connectivity index is 2.32. The number of rotatable bonds is 5. The number of carboxylic acid groups (broad SMARTS) is 1. The second-order valence-corrected chi connectivity index (χ2v) is 4.90. The second kappa shape index (κ2) is 6.30. The van der Waals surface area contributed by atoms with Gasteiger partial charge in [0.1, 0.15) is 11.6 Å². The molecule has 1 aromatic heterocycles. The summed E-state index contributed by atoms with van der Waals surface area (Å²) >= 11 is 0. The number of carbonyl (C=O) groups excluding carboxylic acids is 1. The molecule has 0 saturated heterocycles. The van der Waals surface area contributed by atoms with Gasteiger partial charge in [0, 0.05) is 12.4 Å². The molecule has 2 atom stereocenters. The average Bonchev–Trinajstić information content (AvgIpc) is 2.50. The van der Waals surface area contributed by atoms with Crippen LogP contribution in [0.2, 0.25) is 0 Å². The van der Waals surface area contributed by atoms with Gasteiger partial charge in [-0.1, -0.05) is 26.3 Å². The Kier molecular flexibility index (Phi) is 4.47. The molecule has 110 valence electrons. The summed E-state index contributed by atoms with van der Waals surface area (Å²) in [4.78, 5) is 31.9. The minimum Gasteiger partial charge on any atom is -0.480 e. The fourth-order valence-electron chi connectivity index (χ4n) is 2.08. The van der Waals surface area contributed by atoms with E-state index in [9.17, 15) is 14.7 Å². The number of benzene rings is 1. The van der Waals surface area contributed by atoms with Gasteiger partial charge in [0.2, 0.25) is 0 Å². The largest absolute Gasteiger partial charge is 0.480 e. The molecule has 0 aliphatic heterocycles. The third kappa shape index (κ3) is 3.16. The van der Waals surface area contributed by atoms with Gasteiger partial charge < -0.3 is 10.4 Å². The Morgan fingerprint density at radius 3 is 2.67 bits per heavy atom. The number of aliphatic carboxylic acids is 1. The van der Waals surface area contributed by atoms with Crippen LogP contribution in [0.3, 0.4) is 0 Å². The molecule has 0 bridgehead atoms. The molecule has 0 spiro atoms. The number of nitrogens with one attached hydrogen (secondary N) is 1. The normalized spacial score (nSPS) is 13.6. The minimum atomic E-state index is -1.04. The summed E-state index contributed by atoms with van der Waals surface area (Å²) in [7, 11) is 0. The van der Waals surface area contributed by atoms with Crippen LogP contribution in [0.15, 0.2) is 30.6 Å². The molecule has 0 aliphatic rings. The zero-order valence-corrected chi connectivity index (χ0v) is 11.9. The summed E-state index contributed by atoms with van der Waals surface area (Å²) in [6, 6.07) is 4.14. The van der Waals surface area contributed by atoms with Gasteiger partial charge in [0.15, 0.2) is 0 Å². The number of carbonyl (C=O) groups is 2. The number of fused-ring (bicyclic) bond motifs is 1. The minimum absolute atomic E-state index is 0.160. The standard InChI is InChI=1S/C15H17N3O3/c1-3-9(2)12(15(20)21)18-14(19)10-5-4-6-11-13(10)17-8-7-16-11/h4-9,12H,3H2,1-2H3,(H,18,19)(H,20,21). The summed E-state index contributed by atoms with van der Waals surface area (Å²) in [5.74, 6) is -1.65. The first-order chi connectivity index (χ1) is 10.0. The van der Waals surface area contributed by atoms with Crippen LogP contribution in [0.1, 0.15) is 30.6 Å². The number of para-hydroxylation sites is 1. The van der Waals surface area contributed by atoms with Gasteiger partial charge in [-0.15, -0.1) is 0 Å². The number of nitrogens with zero attached hydrogens (tertiary/aromatic N) is 2. The van der Waals surface area contributed by atoms with Gasteiger partial charge in [-0.3, -0.25) is 14.8 Å². The maximum absolute atomic E-state index is 12.4. The van der Waals surface area contributed by atoms with Gasteiger partial charge in [0.05, 0.1) is 11.1 Å². The van der Waals surface area contributed by atoms with Crippen molar-refractivity contribution in [2.45, 2.75) is 26.3 Å². The van der Waals surface area contributed by atoms with Crippen molar-refractivity contribution in [3.8, 4) is 0 Å². The zero-order valence-electron chi connectivity index (χ0n) is 11.9. The van der Waals surface area contributed by atoms with E-state index in [-0.39, 0.29) is 5.92 Å². The van der Waals surface area contributed by atoms with E-state index in [1.54, 1.807) is 31.3 Å². The fraction of sp³-hybridized carbons (Fsp3) is 0.333. The molecule has 1 heterocycles.